The molecule has 1 fully saturated rings. The van der Waals surface area contributed by atoms with E-state index in [0.29, 0.717) is 24.5 Å². The molecule has 2 unspecified atom stereocenters. The van der Waals surface area contributed by atoms with Crippen molar-refractivity contribution in [3.05, 3.63) is 27.9 Å². The Hall–Kier alpha value is -2.18. The van der Waals surface area contributed by atoms with Crippen molar-refractivity contribution in [3.8, 4) is 0 Å². The Kier molecular flexibility index (Phi) is 3.37. The van der Waals surface area contributed by atoms with Gasteiger partial charge in [-0.25, -0.2) is 4.98 Å². The second kappa shape index (κ2) is 4.83. The first kappa shape index (κ1) is 13.3. The molecule has 1 aliphatic heterocycles. The molecule has 1 saturated heterocycles. The summed E-state index contributed by atoms with van der Waals surface area (Å²) in [6.45, 7) is 4.02. The molecule has 7 nitrogen and oxygen atoms in total. The van der Waals surface area contributed by atoms with Crippen molar-refractivity contribution in [1.82, 2.24) is 4.98 Å². The van der Waals surface area contributed by atoms with E-state index in [1.54, 1.807) is 13.0 Å². The van der Waals surface area contributed by atoms with Gasteiger partial charge in [-0.15, -0.1) is 0 Å². The largest absolute Gasteiger partial charge is 0.481 e. The van der Waals surface area contributed by atoms with E-state index in [4.69, 9.17) is 5.11 Å². The van der Waals surface area contributed by atoms with Crippen molar-refractivity contribution >= 4 is 17.5 Å². The molecule has 2 rings (SSSR count). The summed E-state index contributed by atoms with van der Waals surface area (Å²) >= 11 is 0. The molecule has 102 valence electrons. The molecule has 2 atom stereocenters. The molecule has 0 radical (unpaired) electrons. The lowest BCUT2D eigenvalue weighted by Crippen LogP contribution is -2.33. The van der Waals surface area contributed by atoms with Crippen molar-refractivity contribution in [1.29, 1.82) is 0 Å². The number of aryl methyl sites for hydroxylation is 1. The number of anilines is 1. The monoisotopic (exact) mass is 265 g/mol. The van der Waals surface area contributed by atoms with Gasteiger partial charge in [0.25, 0.3) is 5.69 Å². The molecule has 0 bridgehead atoms. The number of rotatable bonds is 3. The minimum absolute atomic E-state index is 0.0228. The van der Waals surface area contributed by atoms with Gasteiger partial charge in [0.05, 0.1) is 10.8 Å². The Morgan fingerprint density at radius 3 is 2.74 bits per heavy atom. The van der Waals surface area contributed by atoms with Crippen molar-refractivity contribution < 1.29 is 14.8 Å². The lowest BCUT2D eigenvalue weighted by atomic mass is 10.0. The zero-order valence-corrected chi connectivity index (χ0v) is 10.7. The average molecular weight is 265 g/mol. The maximum Gasteiger partial charge on any atom is 0.308 e. The van der Waals surface area contributed by atoms with E-state index in [-0.39, 0.29) is 11.7 Å². The number of aliphatic carboxylic acids is 1. The Morgan fingerprint density at radius 1 is 1.58 bits per heavy atom. The van der Waals surface area contributed by atoms with E-state index in [1.165, 1.54) is 6.07 Å². The number of pyridine rings is 1. The van der Waals surface area contributed by atoms with Gasteiger partial charge in [-0.2, -0.15) is 0 Å². The minimum atomic E-state index is -0.811. The van der Waals surface area contributed by atoms with E-state index in [0.717, 1.165) is 0 Å². The molecule has 0 saturated carbocycles. The summed E-state index contributed by atoms with van der Waals surface area (Å²) in [6.07, 6.45) is 0.564. The molecule has 0 aliphatic carbocycles. The Morgan fingerprint density at radius 2 is 2.26 bits per heavy atom. The van der Waals surface area contributed by atoms with Gasteiger partial charge in [0.2, 0.25) is 0 Å². The molecule has 1 aromatic heterocycles. The SMILES string of the molecule is Cc1nc(N2CCC(C(=O)O)C2C)ccc1[N+](=O)[O-]. The standard InChI is InChI=1S/C12H15N3O4/c1-7-10(15(18)19)3-4-11(13-7)14-6-5-9(8(14)2)12(16)17/h3-4,8-9H,5-6H2,1-2H3,(H,16,17). The van der Waals surface area contributed by atoms with Gasteiger partial charge in [-0.05, 0) is 26.3 Å². The van der Waals surface area contributed by atoms with Crippen LogP contribution in [0.2, 0.25) is 0 Å². The number of carbonyl (C=O) groups is 1. The second-order valence-electron chi connectivity index (χ2n) is 4.70. The molecule has 1 aliphatic rings. The number of hydrogen-bond donors (Lipinski definition) is 1. The lowest BCUT2D eigenvalue weighted by Gasteiger charge is -2.24. The van der Waals surface area contributed by atoms with Crippen molar-refractivity contribution in [2.24, 2.45) is 5.92 Å². The summed E-state index contributed by atoms with van der Waals surface area (Å²) in [5.74, 6) is -0.634. The van der Waals surface area contributed by atoms with Crippen LogP contribution in [0.15, 0.2) is 12.1 Å². The normalized spacial score (nSPS) is 22.5. The van der Waals surface area contributed by atoms with Crippen molar-refractivity contribution in [2.75, 3.05) is 11.4 Å². The lowest BCUT2D eigenvalue weighted by molar-refractivity contribution is -0.385. The van der Waals surface area contributed by atoms with Gasteiger partial charge in [0.15, 0.2) is 0 Å². The Labute approximate surface area is 110 Å². The van der Waals surface area contributed by atoms with Gasteiger partial charge in [0, 0.05) is 18.7 Å². The molecular formula is C12H15N3O4. The molecule has 0 amide bonds. The smallest absolute Gasteiger partial charge is 0.308 e. The highest BCUT2D eigenvalue weighted by Gasteiger charge is 2.36. The number of aromatic nitrogens is 1. The highest BCUT2D eigenvalue weighted by Crippen LogP contribution is 2.30. The summed E-state index contributed by atoms with van der Waals surface area (Å²) in [6, 6.07) is 2.83. The molecule has 0 spiro atoms. The average Bonchev–Trinajstić information content (AvgIpc) is 2.70. The molecular weight excluding hydrogens is 250 g/mol. The highest BCUT2D eigenvalue weighted by molar-refractivity contribution is 5.72. The van der Waals surface area contributed by atoms with Crippen LogP contribution in [0.1, 0.15) is 19.0 Å². The van der Waals surface area contributed by atoms with Crippen LogP contribution in [0.3, 0.4) is 0 Å². The van der Waals surface area contributed by atoms with Crippen molar-refractivity contribution in [3.63, 3.8) is 0 Å². The maximum absolute atomic E-state index is 11.1. The third-order valence-electron chi connectivity index (χ3n) is 3.61. The third kappa shape index (κ3) is 2.35. The fourth-order valence-corrected chi connectivity index (χ4v) is 2.49. The van der Waals surface area contributed by atoms with E-state index in [2.05, 4.69) is 4.98 Å². The van der Waals surface area contributed by atoms with Crippen LogP contribution in [-0.2, 0) is 4.79 Å². The minimum Gasteiger partial charge on any atom is -0.481 e. The summed E-state index contributed by atoms with van der Waals surface area (Å²) in [4.78, 5) is 27.4. The number of nitro groups is 1. The first-order chi connectivity index (χ1) is 8.91. The number of nitrogens with zero attached hydrogens (tertiary/aromatic N) is 3. The van der Waals surface area contributed by atoms with Crippen LogP contribution >= 0.6 is 0 Å². The first-order valence-corrected chi connectivity index (χ1v) is 6.03. The van der Waals surface area contributed by atoms with Gasteiger partial charge < -0.3 is 10.0 Å². The fraction of sp³-hybridized carbons (Fsp3) is 0.500. The predicted molar refractivity (Wildman–Crippen MR) is 68.2 cm³/mol. The molecule has 19 heavy (non-hydrogen) atoms. The number of carboxylic acid groups (broad SMARTS) is 1. The van der Waals surface area contributed by atoms with Crippen LogP contribution in [0, 0.1) is 23.0 Å². The van der Waals surface area contributed by atoms with Crippen LogP contribution < -0.4 is 4.90 Å². The summed E-state index contributed by atoms with van der Waals surface area (Å²) in [7, 11) is 0. The van der Waals surface area contributed by atoms with Gasteiger partial charge >= 0.3 is 5.97 Å². The zero-order valence-electron chi connectivity index (χ0n) is 10.7. The van der Waals surface area contributed by atoms with Crippen LogP contribution in [0.25, 0.3) is 0 Å². The predicted octanol–water partition coefficient (Wildman–Crippen LogP) is 1.60. The number of hydrogen-bond acceptors (Lipinski definition) is 5. The van der Waals surface area contributed by atoms with E-state index in [1.807, 2.05) is 11.8 Å². The fourth-order valence-electron chi connectivity index (χ4n) is 2.49. The van der Waals surface area contributed by atoms with Crippen LogP contribution in [-0.4, -0.2) is 33.6 Å². The maximum atomic E-state index is 11.1. The van der Waals surface area contributed by atoms with Crippen molar-refractivity contribution in [2.45, 2.75) is 26.3 Å². The molecule has 1 aromatic rings. The van der Waals surface area contributed by atoms with E-state index < -0.39 is 16.8 Å². The summed E-state index contributed by atoms with van der Waals surface area (Å²) in [5, 5.41) is 19.8. The van der Waals surface area contributed by atoms with Crippen LogP contribution in [0.4, 0.5) is 11.5 Å². The zero-order chi connectivity index (χ0) is 14.2. The molecule has 0 aromatic carbocycles. The Bertz CT molecular complexity index is 532. The summed E-state index contributed by atoms with van der Waals surface area (Å²) in [5.41, 5.74) is 0.318. The highest BCUT2D eigenvalue weighted by atomic mass is 16.6. The van der Waals surface area contributed by atoms with E-state index in [9.17, 15) is 14.9 Å². The first-order valence-electron chi connectivity index (χ1n) is 6.03. The van der Waals surface area contributed by atoms with E-state index >= 15 is 0 Å². The van der Waals surface area contributed by atoms with Gasteiger partial charge in [-0.1, -0.05) is 0 Å². The molecule has 7 heteroatoms. The molecule has 1 N–H and O–H groups in total. The number of carboxylic acids is 1. The Balaban J connectivity index is 2.27. The summed E-state index contributed by atoms with van der Waals surface area (Å²) < 4.78 is 0. The van der Waals surface area contributed by atoms with Gasteiger partial charge in [0.1, 0.15) is 11.5 Å². The van der Waals surface area contributed by atoms with Gasteiger partial charge in [-0.3, -0.25) is 14.9 Å². The second-order valence-corrected chi connectivity index (χ2v) is 4.70. The molecule has 2 heterocycles. The topological polar surface area (TPSA) is 96.6 Å². The quantitative estimate of drug-likeness (QED) is 0.658. The third-order valence-corrected chi connectivity index (χ3v) is 3.61. The van der Waals surface area contributed by atoms with Crippen LogP contribution in [0.5, 0.6) is 0 Å².